The Kier molecular flexibility index (Phi) is 5.04. The molecule has 0 bridgehead atoms. The first-order valence-electron chi connectivity index (χ1n) is 6.56. The van der Waals surface area contributed by atoms with Gasteiger partial charge in [0.2, 0.25) is 0 Å². The van der Waals surface area contributed by atoms with Crippen LogP contribution in [0.4, 0.5) is 13.2 Å². The molecule has 0 spiro atoms. The Hall–Kier alpha value is -2.50. The van der Waals surface area contributed by atoms with Crippen LogP contribution in [-0.4, -0.2) is 18.6 Å². The molecule has 0 aliphatic rings. The number of rotatable bonds is 5. The molecule has 0 aliphatic heterocycles. The van der Waals surface area contributed by atoms with Crippen molar-refractivity contribution < 1.29 is 22.7 Å². The maximum Gasteiger partial charge on any atom is 0.405 e. The number of carbonyl (C=O) groups is 1. The summed E-state index contributed by atoms with van der Waals surface area (Å²) >= 11 is 0. The molecular weight excluding hydrogens is 295 g/mol. The molecule has 0 heterocycles. The molecule has 1 N–H and O–H groups in total. The van der Waals surface area contributed by atoms with E-state index in [9.17, 15) is 18.0 Å². The predicted molar refractivity (Wildman–Crippen MR) is 75.6 cm³/mol. The normalized spacial score (nSPS) is 11.0. The molecule has 2 aromatic rings. The second-order valence-electron chi connectivity index (χ2n) is 4.60. The Morgan fingerprint density at radius 2 is 1.64 bits per heavy atom. The van der Waals surface area contributed by atoms with Crippen molar-refractivity contribution in [1.29, 1.82) is 0 Å². The largest absolute Gasteiger partial charge is 0.489 e. The number of alkyl halides is 3. The van der Waals surface area contributed by atoms with Crippen molar-refractivity contribution in [2.75, 3.05) is 6.54 Å². The number of hydrogen-bond acceptors (Lipinski definition) is 2. The summed E-state index contributed by atoms with van der Waals surface area (Å²) < 4.78 is 41.6. The van der Waals surface area contributed by atoms with Crippen molar-refractivity contribution >= 4 is 5.91 Å². The van der Waals surface area contributed by atoms with E-state index < -0.39 is 18.6 Å². The fraction of sp³-hybridized carbons (Fsp3) is 0.188. The third-order valence-electron chi connectivity index (χ3n) is 2.81. The Labute approximate surface area is 125 Å². The minimum absolute atomic E-state index is 0.174. The number of ether oxygens (including phenoxy) is 1. The van der Waals surface area contributed by atoms with Gasteiger partial charge in [0.1, 0.15) is 18.9 Å². The highest BCUT2D eigenvalue weighted by Crippen LogP contribution is 2.14. The van der Waals surface area contributed by atoms with E-state index in [0.717, 1.165) is 11.3 Å². The molecule has 0 fully saturated rings. The molecule has 0 aliphatic carbocycles. The van der Waals surface area contributed by atoms with Crippen LogP contribution in [0.25, 0.3) is 0 Å². The molecule has 22 heavy (non-hydrogen) atoms. The molecular formula is C16H14F3NO2. The summed E-state index contributed by atoms with van der Waals surface area (Å²) in [7, 11) is 0. The second-order valence-corrected chi connectivity index (χ2v) is 4.60. The third-order valence-corrected chi connectivity index (χ3v) is 2.81. The lowest BCUT2D eigenvalue weighted by molar-refractivity contribution is -0.123. The first-order chi connectivity index (χ1) is 10.4. The van der Waals surface area contributed by atoms with Crippen molar-refractivity contribution in [2.45, 2.75) is 12.8 Å². The summed E-state index contributed by atoms with van der Waals surface area (Å²) in [5, 5.41) is 1.82. The zero-order valence-electron chi connectivity index (χ0n) is 11.6. The van der Waals surface area contributed by atoms with Crippen LogP contribution in [0.3, 0.4) is 0 Å². The van der Waals surface area contributed by atoms with Gasteiger partial charge in [-0.1, -0.05) is 30.3 Å². The van der Waals surface area contributed by atoms with Gasteiger partial charge < -0.3 is 10.1 Å². The lowest BCUT2D eigenvalue weighted by atomic mass is 10.1. The zero-order valence-corrected chi connectivity index (χ0v) is 11.6. The highest BCUT2D eigenvalue weighted by Gasteiger charge is 2.27. The van der Waals surface area contributed by atoms with Crippen molar-refractivity contribution in [3.63, 3.8) is 0 Å². The average Bonchev–Trinajstić information content (AvgIpc) is 2.51. The number of benzene rings is 2. The lowest BCUT2D eigenvalue weighted by Gasteiger charge is -2.09. The van der Waals surface area contributed by atoms with Crippen molar-refractivity contribution in [2.24, 2.45) is 0 Å². The van der Waals surface area contributed by atoms with Crippen LogP contribution in [0.2, 0.25) is 0 Å². The quantitative estimate of drug-likeness (QED) is 0.917. The molecule has 2 rings (SSSR count). The molecule has 6 heteroatoms. The molecule has 0 saturated heterocycles. The molecule has 0 saturated carbocycles. The summed E-state index contributed by atoms with van der Waals surface area (Å²) in [6.45, 7) is -1.03. The van der Waals surface area contributed by atoms with Gasteiger partial charge in [-0.05, 0) is 29.8 Å². The highest BCUT2D eigenvalue weighted by atomic mass is 19.4. The predicted octanol–water partition coefficient (Wildman–Crippen LogP) is 3.56. The Bertz CT molecular complexity index is 610. The smallest absolute Gasteiger partial charge is 0.405 e. The van der Waals surface area contributed by atoms with Crippen molar-refractivity contribution in [1.82, 2.24) is 5.32 Å². The lowest BCUT2D eigenvalue weighted by Crippen LogP contribution is -2.33. The zero-order chi connectivity index (χ0) is 16.0. The summed E-state index contributed by atoms with van der Waals surface area (Å²) in [5.74, 6) is -0.0395. The van der Waals surface area contributed by atoms with E-state index in [2.05, 4.69) is 0 Å². The van der Waals surface area contributed by atoms with E-state index >= 15 is 0 Å². The fourth-order valence-corrected chi connectivity index (χ4v) is 1.72. The summed E-state index contributed by atoms with van der Waals surface area (Å²) in [6, 6.07) is 15.4. The minimum atomic E-state index is -4.42. The first-order valence-corrected chi connectivity index (χ1v) is 6.56. The van der Waals surface area contributed by atoms with Gasteiger partial charge in [0.25, 0.3) is 5.91 Å². The molecule has 0 unspecified atom stereocenters. The SMILES string of the molecule is O=C(NCC(F)(F)F)c1ccc(COc2ccccc2)cc1. The molecule has 0 radical (unpaired) electrons. The van der Waals surface area contributed by atoms with Gasteiger partial charge in [0.05, 0.1) is 0 Å². The number of hydrogen-bond donors (Lipinski definition) is 1. The van der Waals surface area contributed by atoms with Crippen LogP contribution in [-0.2, 0) is 6.61 Å². The van der Waals surface area contributed by atoms with Gasteiger partial charge in [-0.15, -0.1) is 0 Å². The van der Waals surface area contributed by atoms with Crippen LogP contribution < -0.4 is 10.1 Å². The number of para-hydroxylation sites is 1. The highest BCUT2D eigenvalue weighted by molar-refractivity contribution is 5.94. The molecule has 116 valence electrons. The number of halogens is 3. The Morgan fingerprint density at radius 3 is 2.23 bits per heavy atom. The van der Waals surface area contributed by atoms with Crippen LogP contribution in [0, 0.1) is 0 Å². The van der Waals surface area contributed by atoms with Crippen LogP contribution in [0.1, 0.15) is 15.9 Å². The van der Waals surface area contributed by atoms with Gasteiger partial charge in [0, 0.05) is 5.56 Å². The van der Waals surface area contributed by atoms with E-state index in [1.165, 1.54) is 12.1 Å². The molecule has 0 aromatic heterocycles. The van der Waals surface area contributed by atoms with E-state index in [4.69, 9.17) is 4.74 Å². The number of nitrogens with one attached hydrogen (secondary N) is 1. The maximum absolute atomic E-state index is 12.0. The number of amides is 1. The van der Waals surface area contributed by atoms with Gasteiger partial charge >= 0.3 is 6.18 Å². The Morgan fingerprint density at radius 1 is 1.00 bits per heavy atom. The van der Waals surface area contributed by atoms with Crippen LogP contribution >= 0.6 is 0 Å². The molecule has 1 amide bonds. The van der Waals surface area contributed by atoms with Gasteiger partial charge in [0.15, 0.2) is 0 Å². The Balaban J connectivity index is 1.88. The summed E-state index contributed by atoms with van der Waals surface area (Å²) in [6.07, 6.45) is -4.42. The van der Waals surface area contributed by atoms with Gasteiger partial charge in [-0.2, -0.15) is 13.2 Å². The second kappa shape index (κ2) is 6.98. The molecule has 2 aromatic carbocycles. The van der Waals surface area contributed by atoms with Crippen molar-refractivity contribution in [3.8, 4) is 5.75 Å². The van der Waals surface area contributed by atoms with Crippen molar-refractivity contribution in [3.05, 3.63) is 65.7 Å². The third kappa shape index (κ3) is 5.12. The first kappa shape index (κ1) is 15.9. The summed E-state index contributed by atoms with van der Waals surface area (Å²) in [4.78, 5) is 11.5. The van der Waals surface area contributed by atoms with Gasteiger partial charge in [-0.25, -0.2) is 0 Å². The topological polar surface area (TPSA) is 38.3 Å². The van der Waals surface area contributed by atoms with Gasteiger partial charge in [-0.3, -0.25) is 4.79 Å². The minimum Gasteiger partial charge on any atom is -0.489 e. The van der Waals surface area contributed by atoms with Crippen LogP contribution in [0.5, 0.6) is 5.75 Å². The monoisotopic (exact) mass is 309 g/mol. The standard InChI is InChI=1S/C16H14F3NO2/c17-16(18,19)11-20-15(21)13-8-6-12(7-9-13)10-22-14-4-2-1-3-5-14/h1-9H,10-11H2,(H,20,21). The van der Waals surface area contributed by atoms with Crippen LogP contribution in [0.15, 0.2) is 54.6 Å². The number of carbonyl (C=O) groups excluding carboxylic acids is 1. The van der Waals surface area contributed by atoms with E-state index in [0.29, 0.717) is 6.61 Å². The van der Waals surface area contributed by atoms with E-state index in [-0.39, 0.29) is 5.56 Å². The van der Waals surface area contributed by atoms with E-state index in [1.54, 1.807) is 12.1 Å². The molecule has 0 atom stereocenters. The fourth-order valence-electron chi connectivity index (χ4n) is 1.72. The maximum atomic E-state index is 12.0. The molecule has 3 nitrogen and oxygen atoms in total. The van der Waals surface area contributed by atoms with E-state index in [1.807, 2.05) is 35.6 Å². The average molecular weight is 309 g/mol. The summed E-state index contributed by atoms with van der Waals surface area (Å²) in [5.41, 5.74) is 0.990.